The molecule has 4 nitrogen and oxygen atoms in total. The molecule has 150 valence electrons. The zero-order valence-corrected chi connectivity index (χ0v) is 17.5. The normalized spacial score (nSPS) is 17.3. The average Bonchev–Trinajstić information content (AvgIpc) is 2.69. The number of benzene rings is 2. The van der Waals surface area contributed by atoms with Crippen LogP contribution in [-0.4, -0.2) is 37.0 Å². The number of ether oxygens (including phenoxy) is 1. The minimum Gasteiger partial charge on any atom is -0.491 e. The molecule has 0 radical (unpaired) electrons. The van der Waals surface area contributed by atoms with Crippen molar-refractivity contribution < 1.29 is 9.53 Å². The highest BCUT2D eigenvalue weighted by Crippen LogP contribution is 2.22. The van der Waals surface area contributed by atoms with E-state index in [1.807, 2.05) is 38.1 Å². The van der Waals surface area contributed by atoms with E-state index in [0.717, 1.165) is 54.4 Å². The molecule has 0 aromatic heterocycles. The molecule has 28 heavy (non-hydrogen) atoms. The predicted octanol–water partition coefficient (Wildman–Crippen LogP) is 4.36. The number of hydrogen-bond acceptors (Lipinski definition) is 3. The molecular weight excluding hydrogens is 372 g/mol. The van der Waals surface area contributed by atoms with Crippen LogP contribution in [-0.2, 0) is 11.3 Å². The molecule has 1 atom stereocenters. The number of rotatable bonds is 7. The summed E-state index contributed by atoms with van der Waals surface area (Å²) < 4.78 is 5.83. The smallest absolute Gasteiger partial charge is 0.224 e. The van der Waals surface area contributed by atoms with Gasteiger partial charge in [-0.25, -0.2) is 0 Å². The summed E-state index contributed by atoms with van der Waals surface area (Å²) in [5, 5.41) is 3.83. The molecule has 0 saturated carbocycles. The van der Waals surface area contributed by atoms with E-state index in [1.165, 1.54) is 5.56 Å². The van der Waals surface area contributed by atoms with Crippen LogP contribution in [0.15, 0.2) is 42.5 Å². The van der Waals surface area contributed by atoms with Crippen LogP contribution in [0.4, 0.5) is 0 Å². The fourth-order valence-corrected chi connectivity index (χ4v) is 3.82. The quantitative estimate of drug-likeness (QED) is 0.702. The van der Waals surface area contributed by atoms with Gasteiger partial charge in [-0.15, -0.1) is 0 Å². The van der Waals surface area contributed by atoms with Crippen molar-refractivity contribution in [3.63, 3.8) is 0 Å². The van der Waals surface area contributed by atoms with E-state index >= 15 is 0 Å². The van der Waals surface area contributed by atoms with Crippen LogP contribution in [0.5, 0.6) is 5.75 Å². The van der Waals surface area contributed by atoms with Crippen LogP contribution in [0.2, 0.25) is 5.02 Å². The molecule has 2 aromatic carbocycles. The van der Waals surface area contributed by atoms with Gasteiger partial charge < -0.3 is 10.1 Å². The maximum absolute atomic E-state index is 12.6. The maximum atomic E-state index is 12.6. The van der Waals surface area contributed by atoms with E-state index in [0.29, 0.717) is 13.2 Å². The van der Waals surface area contributed by atoms with Crippen molar-refractivity contribution in [2.45, 2.75) is 33.2 Å². The summed E-state index contributed by atoms with van der Waals surface area (Å²) in [4.78, 5) is 14.9. The largest absolute Gasteiger partial charge is 0.491 e. The number of aryl methyl sites for hydroxylation is 2. The van der Waals surface area contributed by atoms with Crippen molar-refractivity contribution in [2.24, 2.45) is 5.92 Å². The zero-order valence-electron chi connectivity index (χ0n) is 16.7. The number of likely N-dealkylation sites (tertiary alicyclic amines) is 1. The Morgan fingerprint density at radius 2 is 2.07 bits per heavy atom. The number of hydrogen-bond donors (Lipinski definition) is 1. The van der Waals surface area contributed by atoms with Crippen LogP contribution >= 0.6 is 11.6 Å². The first-order chi connectivity index (χ1) is 13.5. The second kappa shape index (κ2) is 9.94. The number of carbonyl (C=O) groups is 1. The lowest BCUT2D eigenvalue weighted by Gasteiger charge is -2.32. The van der Waals surface area contributed by atoms with Gasteiger partial charge in [-0.2, -0.15) is 0 Å². The van der Waals surface area contributed by atoms with Crippen molar-refractivity contribution >= 4 is 17.5 Å². The fraction of sp³-hybridized carbons (Fsp3) is 0.435. The fourth-order valence-electron chi connectivity index (χ4n) is 3.62. The Labute approximate surface area is 172 Å². The minimum absolute atomic E-state index is 0.0249. The second-order valence-corrected chi connectivity index (χ2v) is 7.98. The molecule has 5 heteroatoms. The monoisotopic (exact) mass is 400 g/mol. The van der Waals surface area contributed by atoms with Gasteiger partial charge in [0.15, 0.2) is 0 Å². The van der Waals surface area contributed by atoms with Crippen LogP contribution in [0, 0.1) is 19.8 Å². The molecule has 0 unspecified atom stereocenters. The van der Waals surface area contributed by atoms with E-state index in [9.17, 15) is 4.79 Å². The van der Waals surface area contributed by atoms with Crippen LogP contribution in [0.25, 0.3) is 0 Å². The summed E-state index contributed by atoms with van der Waals surface area (Å²) >= 11 is 6.28. The standard InChI is InChI=1S/C23H29ClN2O2/c1-17-9-10-18(2)22(14-17)28-13-11-25-23(27)20-7-5-12-26(16-20)15-19-6-3-4-8-21(19)24/h3-4,6,8-10,14,20H,5,7,11-13,15-16H2,1-2H3,(H,25,27)/t20-/m1/s1. The number of amides is 1. The lowest BCUT2D eigenvalue weighted by Crippen LogP contribution is -2.43. The lowest BCUT2D eigenvalue weighted by molar-refractivity contribution is -0.126. The SMILES string of the molecule is Cc1ccc(C)c(OCCNC(=O)[C@@H]2CCCN(Cc3ccccc3Cl)C2)c1. The van der Waals surface area contributed by atoms with Crippen molar-refractivity contribution in [3.8, 4) is 5.75 Å². The molecule has 1 aliphatic heterocycles. The lowest BCUT2D eigenvalue weighted by atomic mass is 9.96. The first-order valence-electron chi connectivity index (χ1n) is 9.96. The zero-order chi connectivity index (χ0) is 19.9. The molecule has 0 aliphatic carbocycles. The third kappa shape index (κ3) is 5.73. The van der Waals surface area contributed by atoms with Gasteiger partial charge >= 0.3 is 0 Å². The average molecular weight is 401 g/mol. The molecule has 0 bridgehead atoms. The van der Waals surface area contributed by atoms with Crippen molar-refractivity contribution in [3.05, 3.63) is 64.2 Å². The Morgan fingerprint density at radius 1 is 1.25 bits per heavy atom. The number of nitrogens with zero attached hydrogens (tertiary/aromatic N) is 1. The first kappa shape index (κ1) is 20.7. The maximum Gasteiger partial charge on any atom is 0.224 e. The van der Waals surface area contributed by atoms with E-state index in [-0.39, 0.29) is 11.8 Å². The Kier molecular flexibility index (Phi) is 7.35. The highest BCUT2D eigenvalue weighted by atomic mass is 35.5. The third-order valence-electron chi connectivity index (χ3n) is 5.23. The van der Waals surface area contributed by atoms with E-state index in [1.54, 1.807) is 0 Å². The van der Waals surface area contributed by atoms with Crippen molar-refractivity contribution in [1.82, 2.24) is 10.2 Å². The Balaban J connectivity index is 1.44. The highest BCUT2D eigenvalue weighted by molar-refractivity contribution is 6.31. The summed E-state index contributed by atoms with van der Waals surface area (Å²) in [5.74, 6) is 1.03. The summed E-state index contributed by atoms with van der Waals surface area (Å²) in [6.45, 7) is 7.65. The van der Waals surface area contributed by atoms with E-state index in [4.69, 9.17) is 16.3 Å². The van der Waals surface area contributed by atoms with E-state index < -0.39 is 0 Å². The molecule has 1 fully saturated rings. The van der Waals surface area contributed by atoms with Gasteiger partial charge in [0.25, 0.3) is 0 Å². The molecule has 0 spiro atoms. The Hall–Kier alpha value is -2.04. The molecular formula is C23H29ClN2O2. The van der Waals surface area contributed by atoms with Crippen LogP contribution < -0.4 is 10.1 Å². The van der Waals surface area contributed by atoms with Crippen LogP contribution in [0.3, 0.4) is 0 Å². The van der Waals surface area contributed by atoms with Gasteiger partial charge in [0.2, 0.25) is 5.91 Å². The van der Waals surface area contributed by atoms with Gasteiger partial charge in [0.1, 0.15) is 12.4 Å². The summed E-state index contributed by atoms with van der Waals surface area (Å²) in [6, 6.07) is 14.1. The summed E-state index contributed by atoms with van der Waals surface area (Å²) in [5.41, 5.74) is 3.40. The molecule has 2 aromatic rings. The number of nitrogens with one attached hydrogen (secondary N) is 1. The number of carbonyl (C=O) groups excluding carboxylic acids is 1. The van der Waals surface area contributed by atoms with Gasteiger partial charge in [0, 0.05) is 18.1 Å². The van der Waals surface area contributed by atoms with Gasteiger partial charge in [0.05, 0.1) is 12.5 Å². The molecule has 3 rings (SSSR count). The van der Waals surface area contributed by atoms with Crippen molar-refractivity contribution in [1.29, 1.82) is 0 Å². The Morgan fingerprint density at radius 3 is 2.89 bits per heavy atom. The van der Waals surface area contributed by atoms with Crippen molar-refractivity contribution in [2.75, 3.05) is 26.2 Å². The Bertz CT molecular complexity index is 809. The molecule has 1 aliphatic rings. The van der Waals surface area contributed by atoms with Gasteiger partial charge in [-0.1, -0.05) is 41.9 Å². The number of piperidine rings is 1. The molecule has 1 heterocycles. The van der Waals surface area contributed by atoms with Crippen LogP contribution in [0.1, 0.15) is 29.5 Å². The third-order valence-corrected chi connectivity index (χ3v) is 5.60. The predicted molar refractivity (Wildman–Crippen MR) is 114 cm³/mol. The van der Waals surface area contributed by atoms with E-state index in [2.05, 4.69) is 28.4 Å². The first-order valence-corrected chi connectivity index (χ1v) is 10.3. The number of halogens is 1. The minimum atomic E-state index is 0.0249. The second-order valence-electron chi connectivity index (χ2n) is 7.57. The summed E-state index contributed by atoms with van der Waals surface area (Å²) in [7, 11) is 0. The molecule has 1 amide bonds. The molecule has 1 N–H and O–H groups in total. The highest BCUT2D eigenvalue weighted by Gasteiger charge is 2.25. The van der Waals surface area contributed by atoms with Gasteiger partial charge in [-0.3, -0.25) is 9.69 Å². The van der Waals surface area contributed by atoms with Gasteiger partial charge in [-0.05, 0) is 62.1 Å². The molecule has 1 saturated heterocycles. The topological polar surface area (TPSA) is 41.6 Å². The summed E-state index contributed by atoms with van der Waals surface area (Å²) in [6.07, 6.45) is 1.96.